The average molecular weight is 281 g/mol. The number of carboxylic acid groups (broad SMARTS) is 1. The zero-order valence-electron chi connectivity index (χ0n) is 11.6. The van der Waals surface area contributed by atoms with Crippen LogP contribution in [0.2, 0.25) is 0 Å². The van der Waals surface area contributed by atoms with Crippen molar-refractivity contribution in [3.05, 3.63) is 59.2 Å². The quantitative estimate of drug-likeness (QED) is 0.686. The largest absolute Gasteiger partial charge is 0.478 e. The molecule has 3 aromatic rings. The van der Waals surface area contributed by atoms with E-state index in [0.717, 1.165) is 16.6 Å². The predicted molar refractivity (Wildman–Crippen MR) is 81.6 cm³/mol. The number of carboxylic acids is 1. The van der Waals surface area contributed by atoms with E-state index in [4.69, 9.17) is 5.11 Å². The number of anilines is 1. The second kappa shape index (κ2) is 5.28. The van der Waals surface area contributed by atoms with Crippen LogP contribution in [0.5, 0.6) is 0 Å². The summed E-state index contributed by atoms with van der Waals surface area (Å²) in [6.07, 6.45) is 0. The Hall–Kier alpha value is -2.82. The van der Waals surface area contributed by atoms with Crippen LogP contribution in [0, 0.1) is 6.92 Å². The van der Waals surface area contributed by atoms with Gasteiger partial charge < -0.3 is 15.4 Å². The summed E-state index contributed by atoms with van der Waals surface area (Å²) in [7, 11) is 0. The highest BCUT2D eigenvalue weighted by molar-refractivity contribution is 5.87. The summed E-state index contributed by atoms with van der Waals surface area (Å²) >= 11 is 0. The lowest BCUT2D eigenvalue weighted by Crippen LogP contribution is -2.02. The van der Waals surface area contributed by atoms with Crippen LogP contribution in [0.25, 0.3) is 11.0 Å². The van der Waals surface area contributed by atoms with Gasteiger partial charge in [0.05, 0.1) is 16.6 Å². The van der Waals surface area contributed by atoms with Crippen LogP contribution in [0.1, 0.15) is 21.5 Å². The van der Waals surface area contributed by atoms with Crippen molar-refractivity contribution in [1.29, 1.82) is 0 Å². The van der Waals surface area contributed by atoms with E-state index < -0.39 is 5.97 Å². The van der Waals surface area contributed by atoms with E-state index in [1.807, 2.05) is 19.1 Å². The zero-order chi connectivity index (χ0) is 14.8. The lowest BCUT2D eigenvalue weighted by molar-refractivity contribution is 0.0697. The van der Waals surface area contributed by atoms with E-state index >= 15 is 0 Å². The van der Waals surface area contributed by atoms with Gasteiger partial charge in [-0.1, -0.05) is 18.2 Å². The van der Waals surface area contributed by atoms with Crippen molar-refractivity contribution in [2.24, 2.45) is 0 Å². The van der Waals surface area contributed by atoms with Crippen molar-refractivity contribution in [2.45, 2.75) is 13.5 Å². The topological polar surface area (TPSA) is 78.0 Å². The summed E-state index contributed by atoms with van der Waals surface area (Å²) in [4.78, 5) is 18.5. The fourth-order valence-electron chi connectivity index (χ4n) is 2.16. The minimum absolute atomic E-state index is 0.290. The molecule has 0 aliphatic heterocycles. The molecule has 106 valence electrons. The molecule has 0 atom stereocenters. The highest BCUT2D eigenvalue weighted by atomic mass is 16.4. The standard InChI is InChI=1S/C16H15N3O2/c1-10-2-7-13-14(8-10)19-16(18-13)17-9-11-3-5-12(6-4-11)15(20)21/h2-8H,9H2,1H3,(H,20,21)(H2,17,18,19). The van der Waals surface area contributed by atoms with Gasteiger partial charge in [0.1, 0.15) is 0 Å². The van der Waals surface area contributed by atoms with Crippen molar-refractivity contribution in [3.63, 3.8) is 0 Å². The summed E-state index contributed by atoms with van der Waals surface area (Å²) in [5.74, 6) is -0.208. The molecule has 5 nitrogen and oxygen atoms in total. The number of hydrogen-bond donors (Lipinski definition) is 3. The number of imidazole rings is 1. The van der Waals surface area contributed by atoms with Gasteiger partial charge in [-0.3, -0.25) is 0 Å². The lowest BCUT2D eigenvalue weighted by atomic mass is 10.1. The Morgan fingerprint density at radius 1 is 1.24 bits per heavy atom. The summed E-state index contributed by atoms with van der Waals surface area (Å²) in [5.41, 5.74) is 4.39. The third-order valence-corrected chi connectivity index (χ3v) is 3.30. The summed E-state index contributed by atoms with van der Waals surface area (Å²) in [6, 6.07) is 12.8. The molecule has 21 heavy (non-hydrogen) atoms. The fraction of sp³-hybridized carbons (Fsp3) is 0.125. The molecule has 0 fully saturated rings. The van der Waals surface area contributed by atoms with Crippen LogP contribution in [-0.4, -0.2) is 21.0 Å². The highest BCUT2D eigenvalue weighted by Crippen LogP contribution is 2.16. The first-order valence-corrected chi connectivity index (χ1v) is 6.64. The van der Waals surface area contributed by atoms with Gasteiger partial charge in [-0.25, -0.2) is 9.78 Å². The van der Waals surface area contributed by atoms with Crippen LogP contribution in [0.3, 0.4) is 0 Å². The van der Waals surface area contributed by atoms with E-state index in [-0.39, 0.29) is 5.56 Å². The van der Waals surface area contributed by atoms with Crippen molar-refractivity contribution in [3.8, 4) is 0 Å². The van der Waals surface area contributed by atoms with E-state index in [2.05, 4.69) is 21.4 Å². The number of benzene rings is 2. The molecule has 0 amide bonds. The van der Waals surface area contributed by atoms with Crippen LogP contribution >= 0.6 is 0 Å². The Bertz CT molecular complexity index is 791. The molecule has 0 spiro atoms. The molecule has 2 aromatic carbocycles. The van der Waals surface area contributed by atoms with E-state index in [0.29, 0.717) is 12.5 Å². The SMILES string of the molecule is Cc1ccc2nc(NCc3ccc(C(=O)O)cc3)[nH]c2c1. The number of hydrogen-bond acceptors (Lipinski definition) is 3. The first-order chi connectivity index (χ1) is 10.1. The molecular formula is C16H15N3O2. The van der Waals surface area contributed by atoms with Crippen molar-refractivity contribution >= 4 is 23.0 Å². The molecule has 5 heteroatoms. The highest BCUT2D eigenvalue weighted by Gasteiger charge is 2.04. The van der Waals surface area contributed by atoms with E-state index in [1.54, 1.807) is 24.3 Å². The van der Waals surface area contributed by atoms with E-state index in [9.17, 15) is 4.79 Å². The molecule has 3 rings (SSSR count). The molecule has 0 saturated carbocycles. The number of aryl methyl sites for hydroxylation is 1. The first kappa shape index (κ1) is 13.2. The monoisotopic (exact) mass is 281 g/mol. The normalized spacial score (nSPS) is 10.7. The van der Waals surface area contributed by atoms with Crippen LogP contribution < -0.4 is 5.32 Å². The third kappa shape index (κ3) is 2.86. The van der Waals surface area contributed by atoms with Gasteiger partial charge in [0.15, 0.2) is 0 Å². The molecule has 0 bridgehead atoms. The maximum absolute atomic E-state index is 10.8. The molecule has 1 aromatic heterocycles. The molecule has 0 saturated heterocycles. The van der Waals surface area contributed by atoms with Gasteiger partial charge in [-0.2, -0.15) is 0 Å². The third-order valence-electron chi connectivity index (χ3n) is 3.30. The second-order valence-electron chi connectivity index (χ2n) is 4.96. The van der Waals surface area contributed by atoms with Crippen molar-refractivity contribution in [1.82, 2.24) is 9.97 Å². The van der Waals surface area contributed by atoms with Crippen LogP contribution in [-0.2, 0) is 6.54 Å². The smallest absolute Gasteiger partial charge is 0.335 e. The first-order valence-electron chi connectivity index (χ1n) is 6.64. The van der Waals surface area contributed by atoms with Crippen molar-refractivity contribution < 1.29 is 9.90 Å². The molecule has 0 aliphatic carbocycles. The Labute approximate surface area is 121 Å². The summed E-state index contributed by atoms with van der Waals surface area (Å²) in [5, 5.41) is 12.1. The number of nitrogens with zero attached hydrogens (tertiary/aromatic N) is 1. The number of rotatable bonds is 4. The Morgan fingerprint density at radius 2 is 2.00 bits per heavy atom. The number of carbonyl (C=O) groups is 1. The molecule has 0 radical (unpaired) electrons. The van der Waals surface area contributed by atoms with Gasteiger partial charge in [0.2, 0.25) is 5.95 Å². The minimum Gasteiger partial charge on any atom is -0.478 e. The molecule has 1 heterocycles. The number of aromatic nitrogens is 2. The molecule has 0 aliphatic rings. The van der Waals surface area contributed by atoms with Gasteiger partial charge >= 0.3 is 5.97 Å². The van der Waals surface area contributed by atoms with E-state index in [1.165, 1.54) is 5.56 Å². The number of fused-ring (bicyclic) bond motifs is 1. The Morgan fingerprint density at radius 3 is 2.71 bits per heavy atom. The van der Waals surface area contributed by atoms with Gasteiger partial charge in [-0.15, -0.1) is 0 Å². The fourth-order valence-corrected chi connectivity index (χ4v) is 2.16. The van der Waals surface area contributed by atoms with Gasteiger partial charge in [0, 0.05) is 6.54 Å². The van der Waals surface area contributed by atoms with Gasteiger partial charge in [0.25, 0.3) is 0 Å². The summed E-state index contributed by atoms with van der Waals surface area (Å²) in [6.45, 7) is 2.62. The number of aromatic carboxylic acids is 1. The maximum Gasteiger partial charge on any atom is 0.335 e. The maximum atomic E-state index is 10.8. The number of nitrogens with one attached hydrogen (secondary N) is 2. The minimum atomic E-state index is -0.915. The molecular weight excluding hydrogens is 266 g/mol. The van der Waals surface area contributed by atoms with Crippen molar-refractivity contribution in [2.75, 3.05) is 5.32 Å². The lowest BCUT2D eigenvalue weighted by Gasteiger charge is -2.03. The number of H-pyrrole nitrogens is 1. The summed E-state index contributed by atoms with van der Waals surface area (Å²) < 4.78 is 0. The predicted octanol–water partition coefficient (Wildman–Crippen LogP) is 3.18. The second-order valence-corrected chi connectivity index (χ2v) is 4.96. The van der Waals surface area contributed by atoms with Crippen LogP contribution in [0.15, 0.2) is 42.5 Å². The Balaban J connectivity index is 1.72. The molecule has 3 N–H and O–H groups in total. The number of aromatic amines is 1. The zero-order valence-corrected chi connectivity index (χ0v) is 11.6. The Kier molecular flexibility index (Phi) is 3.31. The molecule has 0 unspecified atom stereocenters. The van der Waals surface area contributed by atoms with Gasteiger partial charge in [-0.05, 0) is 42.3 Å². The van der Waals surface area contributed by atoms with Crippen LogP contribution in [0.4, 0.5) is 5.95 Å². The average Bonchev–Trinajstić information content (AvgIpc) is 2.87.